The fraction of sp³-hybridized carbons (Fsp3) is 0.438. The summed E-state index contributed by atoms with van der Waals surface area (Å²) in [6.45, 7) is 3.61. The molecule has 3 N–H and O–H groups in total. The van der Waals surface area contributed by atoms with E-state index in [0.717, 1.165) is 85.6 Å². The van der Waals surface area contributed by atoms with E-state index in [1.807, 2.05) is 18.3 Å². The van der Waals surface area contributed by atoms with Crippen molar-refractivity contribution in [1.29, 1.82) is 0 Å². The van der Waals surface area contributed by atoms with Crippen LogP contribution in [0.4, 0.5) is 10.5 Å². The van der Waals surface area contributed by atoms with Crippen LogP contribution in [0.15, 0.2) is 48.7 Å². The first-order chi connectivity index (χ1) is 19.6. The average Bonchev–Trinajstić information content (AvgIpc) is 3.47. The van der Waals surface area contributed by atoms with Gasteiger partial charge in [-0.25, -0.2) is 4.79 Å². The highest BCUT2D eigenvalue weighted by molar-refractivity contribution is 6.05. The lowest BCUT2D eigenvalue weighted by Crippen LogP contribution is -2.41. The molecule has 2 aromatic heterocycles. The number of hydrogen-bond donors (Lipinski definition) is 3. The Bertz CT molecular complexity index is 1510. The number of nitrogens with zero attached hydrogens (tertiary/aromatic N) is 2. The van der Waals surface area contributed by atoms with Gasteiger partial charge in [-0.2, -0.15) is 5.10 Å². The van der Waals surface area contributed by atoms with Crippen molar-refractivity contribution in [3.63, 3.8) is 0 Å². The van der Waals surface area contributed by atoms with Crippen molar-refractivity contribution in [3.8, 4) is 28.3 Å². The van der Waals surface area contributed by atoms with Crippen molar-refractivity contribution in [2.75, 3.05) is 18.5 Å². The fourth-order valence-electron chi connectivity index (χ4n) is 6.13. The predicted molar refractivity (Wildman–Crippen MR) is 157 cm³/mol. The number of fused-ring (bicyclic) bond motifs is 1. The number of carbonyl (C=O) groups excluding carboxylic acids is 1. The molecule has 0 unspecified atom stereocenters. The summed E-state index contributed by atoms with van der Waals surface area (Å²) in [5.41, 5.74) is 7.59. The summed E-state index contributed by atoms with van der Waals surface area (Å²) < 4.78 is 14.5. The molecule has 8 heteroatoms. The molecule has 8 nitrogen and oxygen atoms in total. The summed E-state index contributed by atoms with van der Waals surface area (Å²) in [6.07, 6.45) is 10.8. The van der Waals surface area contributed by atoms with E-state index in [1.54, 1.807) is 0 Å². The number of benzene rings is 2. The lowest BCUT2D eigenvalue weighted by molar-refractivity contribution is 0.0256. The number of ether oxygens (including phenoxy) is 2. The summed E-state index contributed by atoms with van der Waals surface area (Å²) in [4.78, 5) is 12.4. The van der Waals surface area contributed by atoms with Crippen LogP contribution in [0.1, 0.15) is 63.0 Å². The second kappa shape index (κ2) is 10.7. The molecule has 7 rings (SSSR count). The van der Waals surface area contributed by atoms with Gasteiger partial charge in [-0.05, 0) is 80.8 Å². The van der Waals surface area contributed by atoms with Crippen LogP contribution in [0.25, 0.3) is 33.4 Å². The highest BCUT2D eigenvalue weighted by Gasteiger charge is 2.30. The van der Waals surface area contributed by atoms with Crippen LogP contribution in [0.5, 0.6) is 5.75 Å². The van der Waals surface area contributed by atoms with Crippen molar-refractivity contribution in [3.05, 3.63) is 54.2 Å². The van der Waals surface area contributed by atoms with Crippen molar-refractivity contribution < 1.29 is 14.3 Å². The highest BCUT2D eigenvalue weighted by atomic mass is 16.5. The zero-order valence-corrected chi connectivity index (χ0v) is 23.0. The van der Waals surface area contributed by atoms with Crippen LogP contribution < -0.4 is 15.4 Å². The molecule has 3 aliphatic rings. The molecule has 3 heterocycles. The monoisotopic (exact) mass is 539 g/mol. The van der Waals surface area contributed by atoms with Crippen LogP contribution in [0.3, 0.4) is 0 Å². The zero-order valence-electron chi connectivity index (χ0n) is 23.0. The molecule has 208 valence electrons. The van der Waals surface area contributed by atoms with Crippen molar-refractivity contribution >= 4 is 22.6 Å². The van der Waals surface area contributed by atoms with Gasteiger partial charge >= 0.3 is 6.03 Å². The maximum absolute atomic E-state index is 12.4. The van der Waals surface area contributed by atoms with Gasteiger partial charge in [-0.1, -0.05) is 12.1 Å². The Morgan fingerprint density at radius 3 is 2.45 bits per heavy atom. The normalized spacial score (nSPS) is 18.3. The summed E-state index contributed by atoms with van der Waals surface area (Å²) in [5.74, 6) is 0.911. The molecule has 40 heavy (non-hydrogen) atoms. The van der Waals surface area contributed by atoms with Crippen LogP contribution in [-0.2, 0) is 4.74 Å². The van der Waals surface area contributed by atoms with E-state index in [-0.39, 0.29) is 12.1 Å². The van der Waals surface area contributed by atoms with Gasteiger partial charge in [0, 0.05) is 47.6 Å². The van der Waals surface area contributed by atoms with Crippen LogP contribution in [0.2, 0.25) is 0 Å². The van der Waals surface area contributed by atoms with E-state index < -0.39 is 0 Å². The van der Waals surface area contributed by atoms with Gasteiger partial charge < -0.3 is 24.7 Å². The summed E-state index contributed by atoms with van der Waals surface area (Å²) in [7, 11) is 0. The molecule has 1 saturated heterocycles. The van der Waals surface area contributed by atoms with Gasteiger partial charge in [0.1, 0.15) is 11.9 Å². The van der Waals surface area contributed by atoms with Gasteiger partial charge in [0.05, 0.1) is 36.3 Å². The Labute approximate surface area is 234 Å². The topological polar surface area (TPSA) is 93.2 Å². The van der Waals surface area contributed by atoms with Crippen molar-refractivity contribution in [1.82, 2.24) is 20.1 Å². The molecule has 4 aromatic rings. The average molecular weight is 540 g/mol. The van der Waals surface area contributed by atoms with E-state index in [2.05, 4.69) is 62.7 Å². The maximum Gasteiger partial charge on any atom is 0.319 e. The molecule has 0 radical (unpaired) electrons. The second-order valence-corrected chi connectivity index (χ2v) is 11.5. The van der Waals surface area contributed by atoms with Crippen molar-refractivity contribution in [2.45, 2.75) is 76.5 Å². The predicted octanol–water partition coefficient (Wildman–Crippen LogP) is 6.96. The summed E-state index contributed by atoms with van der Waals surface area (Å²) in [6, 6.07) is 15.4. The highest BCUT2D eigenvalue weighted by Crippen LogP contribution is 2.47. The lowest BCUT2D eigenvalue weighted by atomic mass is 9.92. The summed E-state index contributed by atoms with van der Waals surface area (Å²) in [5, 5.41) is 14.9. The number of hydrogen-bond acceptors (Lipinski definition) is 4. The van der Waals surface area contributed by atoms with E-state index >= 15 is 0 Å². The number of carbonyl (C=O) groups is 1. The molecule has 3 fully saturated rings. The minimum atomic E-state index is -0.133. The zero-order chi connectivity index (χ0) is 27.1. The first-order valence-corrected chi connectivity index (χ1v) is 14.7. The van der Waals surface area contributed by atoms with E-state index in [0.29, 0.717) is 12.1 Å². The first kappa shape index (κ1) is 25.2. The quantitative estimate of drug-likeness (QED) is 0.237. The number of urea groups is 1. The minimum Gasteiger partial charge on any atom is -0.490 e. The lowest BCUT2D eigenvalue weighted by Gasteiger charge is -2.30. The fourth-order valence-corrected chi connectivity index (χ4v) is 6.13. The Morgan fingerprint density at radius 2 is 1.80 bits per heavy atom. The van der Waals surface area contributed by atoms with Gasteiger partial charge in [0.2, 0.25) is 0 Å². The molecule has 2 saturated carbocycles. The molecule has 2 amide bonds. The summed E-state index contributed by atoms with van der Waals surface area (Å²) >= 11 is 0. The molecule has 2 aliphatic carbocycles. The number of aryl methyl sites for hydroxylation is 1. The van der Waals surface area contributed by atoms with Gasteiger partial charge in [-0.15, -0.1) is 0 Å². The van der Waals surface area contributed by atoms with E-state index in [4.69, 9.17) is 9.47 Å². The van der Waals surface area contributed by atoms with Gasteiger partial charge in [0.15, 0.2) is 0 Å². The van der Waals surface area contributed by atoms with Gasteiger partial charge in [-0.3, -0.25) is 5.10 Å². The molecule has 1 aliphatic heterocycles. The smallest absolute Gasteiger partial charge is 0.319 e. The maximum atomic E-state index is 12.4. The SMILES string of the molecule is Cc1cn[nH]c1-c1c(-c2ccc(NC(=O)NC3CCC3)cc2)n(C2CCC2)c2cc(OC3CCOCC3)ccc12. The number of anilines is 1. The molecule has 0 bridgehead atoms. The molecular weight excluding hydrogens is 502 g/mol. The minimum absolute atomic E-state index is 0.133. The molecular formula is C32H37N5O3. The molecule has 0 atom stereocenters. The number of rotatable bonds is 7. The Kier molecular flexibility index (Phi) is 6.71. The second-order valence-electron chi connectivity index (χ2n) is 11.5. The van der Waals surface area contributed by atoms with Crippen molar-refractivity contribution in [2.24, 2.45) is 0 Å². The standard InChI is InChI=1S/C32H37N5O3/c1-20-19-33-36-30(20)29-27-13-12-26(40-25-14-16-39-17-15-25)18-28(27)37(24-6-3-7-24)31(29)21-8-10-23(11-9-21)35-32(38)34-22-4-2-5-22/h8-13,18-19,22,24-25H,2-7,14-17H2,1H3,(H,33,36)(H2,34,35,38). The number of aromatic nitrogens is 3. The first-order valence-electron chi connectivity index (χ1n) is 14.7. The van der Waals surface area contributed by atoms with Crippen LogP contribution in [-0.4, -0.2) is 46.2 Å². The Hall–Kier alpha value is -3.78. The molecule has 0 spiro atoms. The third-order valence-corrected chi connectivity index (χ3v) is 8.82. The third-order valence-electron chi connectivity index (χ3n) is 8.82. The number of amides is 2. The molecule has 2 aromatic carbocycles. The number of nitrogens with one attached hydrogen (secondary N) is 3. The van der Waals surface area contributed by atoms with Crippen LogP contribution in [0, 0.1) is 6.92 Å². The van der Waals surface area contributed by atoms with E-state index in [1.165, 1.54) is 29.4 Å². The van der Waals surface area contributed by atoms with Gasteiger partial charge in [0.25, 0.3) is 0 Å². The third kappa shape index (κ3) is 4.74. The van der Waals surface area contributed by atoms with Crippen LogP contribution >= 0.6 is 0 Å². The largest absolute Gasteiger partial charge is 0.490 e. The Morgan fingerprint density at radius 1 is 1.02 bits per heavy atom. The van der Waals surface area contributed by atoms with E-state index in [9.17, 15) is 4.79 Å². The number of aromatic amines is 1. The Balaban J connectivity index is 1.30. The number of H-pyrrole nitrogens is 1.